The standard InChI is InChI=1S/C13H19NO3S/c1-18(15,16)13-6-2-5-12(8-13)14-9-11-4-3-7-17-10-11/h2,5-6,8,11,14H,3-4,7,9-10H2,1H3. The number of anilines is 1. The van der Waals surface area contributed by atoms with Crippen LogP contribution < -0.4 is 5.32 Å². The predicted molar refractivity (Wildman–Crippen MR) is 71.6 cm³/mol. The highest BCUT2D eigenvalue weighted by Gasteiger charge is 2.14. The fourth-order valence-corrected chi connectivity index (χ4v) is 2.73. The molecule has 0 radical (unpaired) electrons. The Kier molecular flexibility index (Phi) is 4.24. The molecule has 0 amide bonds. The molecule has 1 saturated heterocycles. The van der Waals surface area contributed by atoms with Crippen LogP contribution in [0, 0.1) is 5.92 Å². The Balaban J connectivity index is 1.97. The fourth-order valence-electron chi connectivity index (χ4n) is 2.07. The highest BCUT2D eigenvalue weighted by atomic mass is 32.2. The molecule has 18 heavy (non-hydrogen) atoms. The van der Waals surface area contributed by atoms with Crippen LogP contribution in [0.25, 0.3) is 0 Å². The maximum atomic E-state index is 11.4. The van der Waals surface area contributed by atoms with Crippen LogP contribution in [0.1, 0.15) is 12.8 Å². The van der Waals surface area contributed by atoms with Gasteiger partial charge < -0.3 is 10.1 Å². The second-order valence-electron chi connectivity index (χ2n) is 4.76. The molecule has 1 atom stereocenters. The third kappa shape index (κ3) is 3.71. The van der Waals surface area contributed by atoms with Crippen LogP contribution in [-0.4, -0.2) is 34.4 Å². The van der Waals surface area contributed by atoms with E-state index in [0.717, 1.165) is 31.9 Å². The van der Waals surface area contributed by atoms with Crippen LogP contribution >= 0.6 is 0 Å². The Morgan fingerprint density at radius 1 is 1.44 bits per heavy atom. The van der Waals surface area contributed by atoms with E-state index in [1.54, 1.807) is 18.2 Å². The van der Waals surface area contributed by atoms with Gasteiger partial charge in [0.2, 0.25) is 0 Å². The first-order valence-corrected chi connectivity index (χ1v) is 8.06. The molecule has 5 heteroatoms. The van der Waals surface area contributed by atoms with Gasteiger partial charge in [-0.3, -0.25) is 0 Å². The molecular weight excluding hydrogens is 250 g/mol. The fraction of sp³-hybridized carbons (Fsp3) is 0.538. The Hall–Kier alpha value is -1.07. The largest absolute Gasteiger partial charge is 0.385 e. The molecule has 1 aliphatic rings. The van der Waals surface area contributed by atoms with Gasteiger partial charge >= 0.3 is 0 Å². The molecule has 1 N–H and O–H groups in total. The molecule has 0 spiro atoms. The summed E-state index contributed by atoms with van der Waals surface area (Å²) in [4.78, 5) is 0.354. The van der Waals surface area contributed by atoms with Gasteiger partial charge in [-0.05, 0) is 37.0 Å². The minimum Gasteiger partial charge on any atom is -0.385 e. The van der Waals surface area contributed by atoms with Gasteiger partial charge in [0.25, 0.3) is 0 Å². The van der Waals surface area contributed by atoms with E-state index < -0.39 is 9.84 Å². The monoisotopic (exact) mass is 269 g/mol. The lowest BCUT2D eigenvalue weighted by Gasteiger charge is -2.22. The molecule has 1 fully saturated rings. The smallest absolute Gasteiger partial charge is 0.175 e. The molecular formula is C13H19NO3S. The summed E-state index contributed by atoms with van der Waals surface area (Å²) in [6, 6.07) is 6.94. The lowest BCUT2D eigenvalue weighted by Crippen LogP contribution is -2.24. The first-order chi connectivity index (χ1) is 8.55. The van der Waals surface area contributed by atoms with Gasteiger partial charge in [0.1, 0.15) is 0 Å². The van der Waals surface area contributed by atoms with Gasteiger partial charge in [0.15, 0.2) is 9.84 Å². The highest BCUT2D eigenvalue weighted by Crippen LogP contribution is 2.18. The topological polar surface area (TPSA) is 55.4 Å². The Morgan fingerprint density at radius 2 is 2.28 bits per heavy atom. The number of hydrogen-bond acceptors (Lipinski definition) is 4. The second-order valence-corrected chi connectivity index (χ2v) is 6.78. The maximum Gasteiger partial charge on any atom is 0.175 e. The van der Waals surface area contributed by atoms with Crippen LogP contribution in [0.15, 0.2) is 29.2 Å². The van der Waals surface area contributed by atoms with Crippen LogP contribution in [0.5, 0.6) is 0 Å². The Labute approximate surface area is 108 Å². The van der Waals surface area contributed by atoms with E-state index in [9.17, 15) is 8.42 Å². The molecule has 2 rings (SSSR count). The molecule has 1 aromatic rings. The Morgan fingerprint density at radius 3 is 2.94 bits per heavy atom. The van der Waals surface area contributed by atoms with Crippen LogP contribution in [0.4, 0.5) is 5.69 Å². The molecule has 4 nitrogen and oxygen atoms in total. The van der Waals surface area contributed by atoms with Crippen molar-refractivity contribution in [3.8, 4) is 0 Å². The molecule has 0 aliphatic carbocycles. The van der Waals surface area contributed by atoms with E-state index in [-0.39, 0.29) is 0 Å². The number of sulfone groups is 1. The van der Waals surface area contributed by atoms with E-state index in [1.165, 1.54) is 12.7 Å². The number of nitrogens with one attached hydrogen (secondary N) is 1. The van der Waals surface area contributed by atoms with Gasteiger partial charge in [-0.25, -0.2) is 8.42 Å². The summed E-state index contributed by atoms with van der Waals surface area (Å²) in [7, 11) is -3.13. The van der Waals surface area contributed by atoms with Crippen molar-refractivity contribution in [2.45, 2.75) is 17.7 Å². The summed E-state index contributed by atoms with van der Waals surface area (Å²) in [6.07, 6.45) is 3.50. The summed E-state index contributed by atoms with van der Waals surface area (Å²) in [5, 5.41) is 3.28. The third-order valence-corrected chi connectivity index (χ3v) is 4.22. The highest BCUT2D eigenvalue weighted by molar-refractivity contribution is 7.90. The summed E-state index contributed by atoms with van der Waals surface area (Å²) < 4.78 is 28.3. The molecule has 1 unspecified atom stereocenters. The zero-order valence-corrected chi connectivity index (χ0v) is 11.4. The van der Waals surface area contributed by atoms with Crippen molar-refractivity contribution < 1.29 is 13.2 Å². The predicted octanol–water partition coefficient (Wildman–Crippen LogP) is 1.93. The van der Waals surface area contributed by atoms with Crippen molar-refractivity contribution in [1.82, 2.24) is 0 Å². The van der Waals surface area contributed by atoms with E-state index in [4.69, 9.17) is 4.74 Å². The summed E-state index contributed by atoms with van der Waals surface area (Å²) in [5.41, 5.74) is 0.850. The lowest BCUT2D eigenvalue weighted by atomic mass is 10.0. The van der Waals surface area contributed by atoms with Crippen molar-refractivity contribution in [2.75, 3.05) is 31.3 Å². The molecule has 0 bridgehead atoms. The van der Waals surface area contributed by atoms with Crippen LogP contribution in [0.2, 0.25) is 0 Å². The summed E-state index contributed by atoms with van der Waals surface area (Å²) in [5.74, 6) is 0.514. The van der Waals surface area contributed by atoms with Crippen molar-refractivity contribution >= 4 is 15.5 Å². The maximum absolute atomic E-state index is 11.4. The van der Waals surface area contributed by atoms with Gasteiger partial charge in [-0.2, -0.15) is 0 Å². The van der Waals surface area contributed by atoms with Crippen LogP contribution in [-0.2, 0) is 14.6 Å². The van der Waals surface area contributed by atoms with Gasteiger partial charge in [0, 0.05) is 25.1 Å². The molecule has 0 saturated carbocycles. The van der Waals surface area contributed by atoms with Crippen molar-refractivity contribution in [1.29, 1.82) is 0 Å². The Bertz CT molecular complexity index is 493. The van der Waals surface area contributed by atoms with Gasteiger partial charge in [-0.1, -0.05) is 6.07 Å². The zero-order chi connectivity index (χ0) is 13.0. The lowest BCUT2D eigenvalue weighted by molar-refractivity contribution is 0.0595. The quantitative estimate of drug-likeness (QED) is 0.907. The van der Waals surface area contributed by atoms with Gasteiger partial charge in [-0.15, -0.1) is 0 Å². The number of rotatable bonds is 4. The van der Waals surface area contributed by atoms with E-state index in [1.807, 2.05) is 6.07 Å². The first-order valence-electron chi connectivity index (χ1n) is 6.17. The van der Waals surface area contributed by atoms with E-state index >= 15 is 0 Å². The number of ether oxygens (including phenoxy) is 1. The van der Waals surface area contributed by atoms with E-state index in [2.05, 4.69) is 5.32 Å². The second kappa shape index (κ2) is 5.71. The number of hydrogen-bond donors (Lipinski definition) is 1. The summed E-state index contributed by atoms with van der Waals surface area (Å²) in [6.45, 7) is 2.48. The van der Waals surface area contributed by atoms with Crippen molar-refractivity contribution in [2.24, 2.45) is 5.92 Å². The minimum absolute atomic E-state index is 0.354. The van der Waals surface area contributed by atoms with E-state index in [0.29, 0.717) is 10.8 Å². The average molecular weight is 269 g/mol. The summed E-state index contributed by atoms with van der Waals surface area (Å²) >= 11 is 0. The third-order valence-electron chi connectivity index (χ3n) is 3.11. The SMILES string of the molecule is CS(=O)(=O)c1cccc(NCC2CCCOC2)c1. The van der Waals surface area contributed by atoms with Crippen molar-refractivity contribution in [3.63, 3.8) is 0 Å². The minimum atomic E-state index is -3.13. The molecule has 0 aromatic heterocycles. The van der Waals surface area contributed by atoms with Crippen molar-refractivity contribution in [3.05, 3.63) is 24.3 Å². The zero-order valence-electron chi connectivity index (χ0n) is 10.6. The number of benzene rings is 1. The molecule has 1 aromatic carbocycles. The normalized spacial score (nSPS) is 20.6. The van der Waals surface area contributed by atoms with Gasteiger partial charge in [0.05, 0.1) is 11.5 Å². The molecule has 1 aliphatic heterocycles. The average Bonchev–Trinajstić information content (AvgIpc) is 2.37. The molecule has 1 heterocycles. The first kappa shape index (κ1) is 13.4. The molecule has 100 valence electrons. The van der Waals surface area contributed by atoms with Crippen LogP contribution in [0.3, 0.4) is 0 Å².